The van der Waals surface area contributed by atoms with Crippen LogP contribution in [0.15, 0.2) is 53.6 Å². The number of nitrogens with one attached hydrogen (secondary N) is 1. The Hall–Kier alpha value is -3.45. The van der Waals surface area contributed by atoms with Crippen LogP contribution in [0.25, 0.3) is 5.69 Å². The van der Waals surface area contributed by atoms with Gasteiger partial charge in [-0.05, 0) is 50.1 Å². The maximum absolute atomic E-state index is 12.1. The summed E-state index contributed by atoms with van der Waals surface area (Å²) in [6.07, 6.45) is 1.68. The van der Waals surface area contributed by atoms with Crippen LogP contribution in [0.4, 0.5) is 5.69 Å². The minimum atomic E-state index is -0.477. The molecule has 3 rings (SSSR count). The number of aryl methyl sites for hydroxylation is 2. The molecule has 154 valence electrons. The third kappa shape index (κ3) is 4.75. The van der Waals surface area contributed by atoms with Crippen LogP contribution in [0.2, 0.25) is 5.02 Å². The summed E-state index contributed by atoms with van der Waals surface area (Å²) in [5.74, 6) is -0.306. The Bertz CT molecular complexity index is 1130. The van der Waals surface area contributed by atoms with Gasteiger partial charge in [0.1, 0.15) is 0 Å². The molecule has 1 amide bonds. The Balaban J connectivity index is 1.68. The number of rotatable bonds is 6. The normalized spacial score (nSPS) is 11.1. The first-order chi connectivity index (χ1) is 14.3. The van der Waals surface area contributed by atoms with Gasteiger partial charge in [-0.2, -0.15) is 5.10 Å². The lowest BCUT2D eigenvalue weighted by molar-refractivity contribution is -0.384. The van der Waals surface area contributed by atoms with Crippen molar-refractivity contribution in [2.75, 3.05) is 0 Å². The minimum Gasteiger partial charge on any atom is -0.318 e. The van der Waals surface area contributed by atoms with Gasteiger partial charge in [-0.1, -0.05) is 29.8 Å². The second-order valence-electron chi connectivity index (χ2n) is 6.99. The summed E-state index contributed by atoms with van der Waals surface area (Å²) in [6, 6.07) is 13.7. The number of carbonyl (C=O) groups is 1. The highest BCUT2D eigenvalue weighted by atomic mass is 35.5. The third-order valence-corrected chi connectivity index (χ3v) is 5.20. The molecule has 0 fully saturated rings. The minimum absolute atomic E-state index is 0.0117. The highest BCUT2D eigenvalue weighted by molar-refractivity contribution is 6.31. The van der Waals surface area contributed by atoms with E-state index < -0.39 is 4.92 Å². The predicted octanol–water partition coefficient (Wildman–Crippen LogP) is 4.66. The zero-order chi connectivity index (χ0) is 21.8. The van der Waals surface area contributed by atoms with E-state index >= 15 is 0 Å². The predicted molar refractivity (Wildman–Crippen MR) is 118 cm³/mol. The summed E-state index contributed by atoms with van der Waals surface area (Å²) in [5.41, 5.74) is 8.00. The molecule has 3 aromatic rings. The molecule has 0 saturated carbocycles. The molecule has 30 heavy (non-hydrogen) atoms. The zero-order valence-electron chi connectivity index (χ0n) is 16.8. The molecule has 1 N–H and O–H groups in total. The Morgan fingerprint density at radius 3 is 2.50 bits per heavy atom. The summed E-state index contributed by atoms with van der Waals surface area (Å²) >= 11 is 6.26. The highest BCUT2D eigenvalue weighted by Crippen LogP contribution is 2.24. The van der Waals surface area contributed by atoms with Crippen LogP contribution in [0, 0.1) is 30.9 Å². The Morgan fingerprint density at radius 2 is 1.87 bits per heavy atom. The van der Waals surface area contributed by atoms with Crippen molar-refractivity contribution in [2.24, 2.45) is 5.10 Å². The average molecular weight is 425 g/mol. The molecule has 0 aliphatic heterocycles. The smallest absolute Gasteiger partial charge is 0.269 e. The van der Waals surface area contributed by atoms with E-state index in [9.17, 15) is 14.9 Å². The Labute approximate surface area is 179 Å². The van der Waals surface area contributed by atoms with E-state index in [0.29, 0.717) is 10.6 Å². The van der Waals surface area contributed by atoms with Crippen LogP contribution >= 0.6 is 11.6 Å². The quantitative estimate of drug-likeness (QED) is 0.354. The second-order valence-corrected chi connectivity index (χ2v) is 7.40. The molecule has 0 radical (unpaired) electrons. The van der Waals surface area contributed by atoms with Crippen molar-refractivity contribution >= 4 is 29.4 Å². The van der Waals surface area contributed by atoms with E-state index in [4.69, 9.17) is 11.6 Å². The zero-order valence-corrected chi connectivity index (χ0v) is 17.6. The van der Waals surface area contributed by atoms with Gasteiger partial charge in [0.15, 0.2) is 0 Å². The molecule has 0 spiro atoms. The van der Waals surface area contributed by atoms with Gasteiger partial charge in [0.2, 0.25) is 5.91 Å². The molecule has 8 heteroatoms. The molecule has 2 aromatic carbocycles. The summed E-state index contributed by atoms with van der Waals surface area (Å²) in [4.78, 5) is 22.3. The summed E-state index contributed by atoms with van der Waals surface area (Å²) in [5, 5.41) is 15.4. The molecule has 1 aromatic heterocycles. The lowest BCUT2D eigenvalue weighted by atomic mass is 10.1. The van der Waals surface area contributed by atoms with Crippen LogP contribution in [-0.2, 0) is 11.2 Å². The molecule has 1 heterocycles. The number of non-ortho nitro benzene ring substituents is 1. The number of nitrogens with zero attached hydrogens (tertiary/aromatic N) is 3. The van der Waals surface area contributed by atoms with Gasteiger partial charge in [0.25, 0.3) is 5.69 Å². The number of benzene rings is 2. The van der Waals surface area contributed by atoms with Gasteiger partial charge >= 0.3 is 0 Å². The standard InChI is InChI=1S/C22H21ClN4O3/c1-14-4-7-20(12-21(14)23)26-15(2)10-18(16(26)3)13-24-25-22(28)11-17-5-8-19(9-6-17)27(29)30/h4-10,12-13H,11H2,1-3H3,(H,25,28)/b24-13-. The van der Waals surface area contributed by atoms with E-state index in [0.717, 1.165) is 28.2 Å². The summed E-state index contributed by atoms with van der Waals surface area (Å²) in [7, 11) is 0. The first-order valence-corrected chi connectivity index (χ1v) is 9.64. The number of hydrazone groups is 1. The number of nitro groups is 1. The fourth-order valence-corrected chi connectivity index (χ4v) is 3.35. The Morgan fingerprint density at radius 1 is 1.17 bits per heavy atom. The number of hydrogen-bond acceptors (Lipinski definition) is 4. The van der Waals surface area contributed by atoms with E-state index in [1.165, 1.54) is 12.1 Å². The van der Waals surface area contributed by atoms with Gasteiger partial charge in [-0.3, -0.25) is 14.9 Å². The Kier molecular flexibility index (Phi) is 6.32. The lowest BCUT2D eigenvalue weighted by Crippen LogP contribution is -2.19. The SMILES string of the molecule is Cc1ccc(-n2c(C)cc(/C=N\NC(=O)Cc3ccc([N+](=O)[O-])cc3)c2C)cc1Cl. The molecular weight excluding hydrogens is 404 g/mol. The van der Waals surface area contributed by atoms with Crippen LogP contribution in [0.1, 0.15) is 28.1 Å². The van der Waals surface area contributed by atoms with Crippen LogP contribution in [-0.4, -0.2) is 21.6 Å². The average Bonchev–Trinajstić information content (AvgIpc) is 2.98. The van der Waals surface area contributed by atoms with Crippen molar-refractivity contribution in [3.8, 4) is 5.69 Å². The van der Waals surface area contributed by atoms with Crippen molar-refractivity contribution in [2.45, 2.75) is 27.2 Å². The molecule has 0 bridgehead atoms. The van der Waals surface area contributed by atoms with Crippen LogP contribution in [0.3, 0.4) is 0 Å². The molecule has 0 atom stereocenters. The van der Waals surface area contributed by atoms with Gasteiger partial charge in [0.05, 0.1) is 17.6 Å². The number of hydrogen-bond donors (Lipinski definition) is 1. The first kappa shape index (κ1) is 21.3. The maximum Gasteiger partial charge on any atom is 0.269 e. The van der Waals surface area contributed by atoms with Gasteiger partial charge in [-0.15, -0.1) is 0 Å². The van der Waals surface area contributed by atoms with Crippen molar-refractivity contribution in [1.29, 1.82) is 0 Å². The van der Waals surface area contributed by atoms with E-state index in [-0.39, 0.29) is 18.0 Å². The van der Waals surface area contributed by atoms with Crippen LogP contribution in [0.5, 0.6) is 0 Å². The fourth-order valence-electron chi connectivity index (χ4n) is 3.17. The number of amides is 1. The number of halogens is 1. The van der Waals surface area contributed by atoms with Gasteiger partial charge in [-0.25, -0.2) is 5.43 Å². The molecule has 0 unspecified atom stereocenters. The van der Waals surface area contributed by atoms with E-state index in [1.807, 2.05) is 45.0 Å². The van der Waals surface area contributed by atoms with E-state index in [1.54, 1.807) is 18.3 Å². The summed E-state index contributed by atoms with van der Waals surface area (Å²) in [6.45, 7) is 5.92. The topological polar surface area (TPSA) is 89.5 Å². The molecular formula is C22H21ClN4O3. The second kappa shape index (κ2) is 8.92. The molecule has 0 aliphatic rings. The summed E-state index contributed by atoms with van der Waals surface area (Å²) < 4.78 is 2.07. The van der Waals surface area contributed by atoms with Crippen LogP contribution < -0.4 is 5.43 Å². The molecule has 7 nitrogen and oxygen atoms in total. The monoisotopic (exact) mass is 424 g/mol. The lowest BCUT2D eigenvalue weighted by Gasteiger charge is -2.11. The molecule has 0 saturated heterocycles. The van der Waals surface area contributed by atoms with Crippen molar-refractivity contribution in [3.05, 3.63) is 91.7 Å². The van der Waals surface area contributed by atoms with Crippen molar-refractivity contribution < 1.29 is 9.72 Å². The van der Waals surface area contributed by atoms with Gasteiger partial charge in [0, 0.05) is 39.8 Å². The maximum atomic E-state index is 12.1. The third-order valence-electron chi connectivity index (χ3n) is 4.79. The molecule has 0 aliphatic carbocycles. The number of carbonyl (C=O) groups excluding carboxylic acids is 1. The van der Waals surface area contributed by atoms with Gasteiger partial charge < -0.3 is 4.57 Å². The first-order valence-electron chi connectivity index (χ1n) is 9.27. The highest BCUT2D eigenvalue weighted by Gasteiger charge is 2.11. The number of aromatic nitrogens is 1. The number of nitro benzene ring substituents is 1. The van der Waals surface area contributed by atoms with E-state index in [2.05, 4.69) is 15.1 Å². The largest absolute Gasteiger partial charge is 0.318 e. The van der Waals surface area contributed by atoms with Crippen molar-refractivity contribution in [1.82, 2.24) is 9.99 Å². The van der Waals surface area contributed by atoms with Crippen molar-refractivity contribution in [3.63, 3.8) is 0 Å². The fraction of sp³-hybridized carbons (Fsp3) is 0.182.